The first-order valence-electron chi connectivity index (χ1n) is 8.52. The molecule has 24 heavy (non-hydrogen) atoms. The van der Waals surface area contributed by atoms with Gasteiger partial charge in [-0.1, -0.05) is 17.7 Å². The Morgan fingerprint density at radius 2 is 1.79 bits per heavy atom. The third kappa shape index (κ3) is 4.77. The van der Waals surface area contributed by atoms with Crippen LogP contribution < -0.4 is 0 Å². The largest absolute Gasteiger partial charge is 0.391 e. The quantitative estimate of drug-likeness (QED) is 0.752. The van der Waals surface area contributed by atoms with Gasteiger partial charge in [0.15, 0.2) is 0 Å². The summed E-state index contributed by atoms with van der Waals surface area (Å²) in [5.41, 5.74) is 3.05. The number of rotatable bonds is 7. The van der Waals surface area contributed by atoms with E-state index < -0.39 is 0 Å². The number of aliphatic hydroxyl groups excluding tert-OH is 1. The van der Waals surface area contributed by atoms with Crippen molar-refractivity contribution in [2.45, 2.75) is 25.9 Å². The molecule has 3 heterocycles. The number of hydrogen-bond acceptors (Lipinski definition) is 5. The van der Waals surface area contributed by atoms with Gasteiger partial charge in [-0.15, -0.1) is 22.7 Å². The van der Waals surface area contributed by atoms with E-state index in [9.17, 15) is 5.11 Å². The van der Waals surface area contributed by atoms with E-state index in [1.54, 1.807) is 12.5 Å². The first kappa shape index (κ1) is 17.8. The third-order valence-electron chi connectivity index (χ3n) is 4.26. The Morgan fingerprint density at radius 1 is 1.17 bits per heavy atom. The summed E-state index contributed by atoms with van der Waals surface area (Å²) in [5.74, 6) is 0. The Labute approximate surface area is 152 Å². The molecule has 2 aromatic heterocycles. The zero-order chi connectivity index (χ0) is 16.8. The van der Waals surface area contributed by atoms with Crippen LogP contribution in [0.1, 0.15) is 29.5 Å². The van der Waals surface area contributed by atoms with Gasteiger partial charge in [0.1, 0.15) is 0 Å². The molecule has 1 N–H and O–H groups in total. The lowest BCUT2D eigenvalue weighted by Gasteiger charge is -2.29. The van der Waals surface area contributed by atoms with Crippen LogP contribution in [0.25, 0.3) is 5.57 Å². The van der Waals surface area contributed by atoms with E-state index in [4.69, 9.17) is 4.74 Å². The minimum atomic E-state index is -0.375. The van der Waals surface area contributed by atoms with E-state index >= 15 is 0 Å². The molecule has 0 bridgehead atoms. The molecule has 0 amide bonds. The number of nitrogens with zero attached hydrogens (tertiary/aromatic N) is 1. The summed E-state index contributed by atoms with van der Waals surface area (Å²) in [6.45, 7) is 6.02. The molecule has 0 aliphatic carbocycles. The molecule has 3 rings (SSSR count). The zero-order valence-electron chi connectivity index (χ0n) is 14.1. The lowest BCUT2D eigenvalue weighted by Crippen LogP contribution is -2.34. The Hall–Kier alpha value is -0.980. The summed E-state index contributed by atoms with van der Waals surface area (Å²) in [7, 11) is 0. The number of hydrogen-bond donors (Lipinski definition) is 1. The van der Waals surface area contributed by atoms with Crippen LogP contribution in [0.2, 0.25) is 0 Å². The molecule has 1 fully saturated rings. The number of aliphatic hydroxyl groups is 1. The van der Waals surface area contributed by atoms with Crippen LogP contribution in [0.4, 0.5) is 0 Å². The van der Waals surface area contributed by atoms with Crippen LogP contribution in [-0.4, -0.2) is 49.0 Å². The average molecular weight is 364 g/mol. The van der Waals surface area contributed by atoms with Crippen molar-refractivity contribution in [2.24, 2.45) is 0 Å². The number of likely N-dealkylation sites (tertiary alicyclic amines) is 1. The molecule has 130 valence electrons. The summed E-state index contributed by atoms with van der Waals surface area (Å²) in [4.78, 5) is 5.24. The fourth-order valence-electron chi connectivity index (χ4n) is 3.06. The second kappa shape index (κ2) is 8.92. The van der Waals surface area contributed by atoms with Crippen molar-refractivity contribution in [1.82, 2.24) is 4.90 Å². The van der Waals surface area contributed by atoms with Crippen LogP contribution in [0.3, 0.4) is 0 Å². The summed E-state index contributed by atoms with van der Waals surface area (Å²) in [6.07, 6.45) is 1.88. The minimum Gasteiger partial charge on any atom is -0.391 e. The SMILES string of the molecule is CC(O)COCCN1CCC(=C(c2cccs2)c2cccs2)CC1. The average Bonchev–Trinajstić information content (AvgIpc) is 3.27. The third-order valence-corrected chi connectivity index (χ3v) is 6.03. The minimum absolute atomic E-state index is 0.375. The summed E-state index contributed by atoms with van der Waals surface area (Å²) in [5, 5.41) is 13.6. The Balaban J connectivity index is 1.62. The van der Waals surface area contributed by atoms with Gasteiger partial charge in [0.25, 0.3) is 0 Å². The van der Waals surface area contributed by atoms with E-state index in [-0.39, 0.29) is 6.10 Å². The van der Waals surface area contributed by atoms with E-state index in [0.29, 0.717) is 13.2 Å². The predicted molar refractivity (Wildman–Crippen MR) is 103 cm³/mol. The first-order valence-corrected chi connectivity index (χ1v) is 10.3. The molecule has 0 spiro atoms. The van der Waals surface area contributed by atoms with Gasteiger partial charge < -0.3 is 14.7 Å². The molecule has 0 radical (unpaired) electrons. The van der Waals surface area contributed by atoms with Crippen molar-refractivity contribution in [3.63, 3.8) is 0 Å². The van der Waals surface area contributed by atoms with E-state index in [2.05, 4.69) is 39.9 Å². The molecule has 2 aromatic rings. The monoisotopic (exact) mass is 363 g/mol. The molecule has 1 atom stereocenters. The second-order valence-electron chi connectivity index (χ2n) is 6.20. The molecule has 3 nitrogen and oxygen atoms in total. The standard InChI is InChI=1S/C19H25NO2S2/c1-15(21)14-22-11-10-20-8-6-16(7-9-20)19(17-4-2-12-23-17)18-5-3-13-24-18/h2-5,12-13,15,21H,6-11,14H2,1H3. The summed E-state index contributed by atoms with van der Waals surface area (Å²) in [6, 6.07) is 8.76. The maximum absolute atomic E-state index is 9.22. The van der Waals surface area contributed by atoms with Gasteiger partial charge in [-0.05, 0) is 42.7 Å². The molecule has 0 aromatic carbocycles. The molecule has 1 aliphatic heterocycles. The van der Waals surface area contributed by atoms with Gasteiger partial charge in [0.05, 0.1) is 19.3 Å². The van der Waals surface area contributed by atoms with Crippen molar-refractivity contribution >= 4 is 28.2 Å². The fraction of sp³-hybridized carbons (Fsp3) is 0.474. The lowest BCUT2D eigenvalue weighted by molar-refractivity contribution is 0.0346. The molecule has 1 saturated heterocycles. The summed E-state index contributed by atoms with van der Waals surface area (Å²) < 4.78 is 5.49. The number of thiophene rings is 2. The van der Waals surface area contributed by atoms with Crippen LogP contribution in [0.5, 0.6) is 0 Å². The second-order valence-corrected chi connectivity index (χ2v) is 8.09. The van der Waals surface area contributed by atoms with E-state index in [0.717, 1.165) is 32.5 Å². The van der Waals surface area contributed by atoms with Gasteiger partial charge >= 0.3 is 0 Å². The topological polar surface area (TPSA) is 32.7 Å². The highest BCUT2D eigenvalue weighted by Crippen LogP contribution is 2.36. The van der Waals surface area contributed by atoms with Crippen molar-refractivity contribution < 1.29 is 9.84 Å². The Morgan fingerprint density at radius 3 is 2.29 bits per heavy atom. The lowest BCUT2D eigenvalue weighted by atomic mass is 9.96. The fourth-order valence-corrected chi connectivity index (χ4v) is 4.79. The normalized spacial score (nSPS) is 17.2. The molecule has 1 unspecified atom stereocenters. The van der Waals surface area contributed by atoms with Gasteiger partial charge in [-0.3, -0.25) is 0 Å². The molecule has 0 saturated carbocycles. The van der Waals surface area contributed by atoms with Gasteiger partial charge in [-0.2, -0.15) is 0 Å². The van der Waals surface area contributed by atoms with Crippen molar-refractivity contribution in [3.8, 4) is 0 Å². The Bertz CT molecular complexity index is 586. The predicted octanol–water partition coefficient (Wildman–Crippen LogP) is 4.10. The Kier molecular flexibility index (Phi) is 6.63. The van der Waals surface area contributed by atoms with E-state index in [1.165, 1.54) is 15.3 Å². The van der Waals surface area contributed by atoms with Gasteiger partial charge in [-0.25, -0.2) is 0 Å². The first-order chi connectivity index (χ1) is 11.7. The zero-order valence-corrected chi connectivity index (χ0v) is 15.7. The van der Waals surface area contributed by atoms with E-state index in [1.807, 2.05) is 22.7 Å². The highest BCUT2D eigenvalue weighted by molar-refractivity contribution is 7.13. The number of ether oxygens (including phenoxy) is 1. The molecule has 1 aliphatic rings. The molecular weight excluding hydrogens is 338 g/mol. The maximum atomic E-state index is 9.22. The van der Waals surface area contributed by atoms with Gasteiger partial charge in [0, 0.05) is 35.0 Å². The van der Waals surface area contributed by atoms with Crippen molar-refractivity contribution in [2.75, 3.05) is 32.8 Å². The van der Waals surface area contributed by atoms with Crippen LogP contribution >= 0.6 is 22.7 Å². The maximum Gasteiger partial charge on any atom is 0.0745 e. The van der Waals surface area contributed by atoms with Crippen molar-refractivity contribution in [1.29, 1.82) is 0 Å². The van der Waals surface area contributed by atoms with Crippen LogP contribution in [0.15, 0.2) is 40.6 Å². The highest BCUT2D eigenvalue weighted by Gasteiger charge is 2.19. The summed E-state index contributed by atoms with van der Waals surface area (Å²) >= 11 is 3.67. The van der Waals surface area contributed by atoms with Crippen molar-refractivity contribution in [3.05, 3.63) is 50.4 Å². The van der Waals surface area contributed by atoms with Gasteiger partial charge in [0.2, 0.25) is 0 Å². The smallest absolute Gasteiger partial charge is 0.0745 e. The van der Waals surface area contributed by atoms with Crippen LogP contribution in [0, 0.1) is 0 Å². The number of piperidine rings is 1. The highest BCUT2D eigenvalue weighted by atomic mass is 32.1. The molecular formula is C19H25NO2S2. The molecule has 5 heteroatoms. The van der Waals surface area contributed by atoms with Crippen LogP contribution in [-0.2, 0) is 4.74 Å².